The standard InChI is InChI=1S/C10H12BrN3O4S/c1-10(2,14-9(17)18)8(16)13-4-3-5(11)19-6(4)7(12)15/h3,14H,1-2H3,(H2,12,15)(H,13,16)(H,17,18). The van der Waals surface area contributed by atoms with Crippen LogP contribution in [0.4, 0.5) is 10.5 Å². The Morgan fingerprint density at radius 3 is 2.47 bits per heavy atom. The molecule has 0 aromatic carbocycles. The summed E-state index contributed by atoms with van der Waals surface area (Å²) in [6.07, 6.45) is -1.32. The molecule has 0 radical (unpaired) electrons. The fourth-order valence-corrected chi connectivity index (χ4v) is 2.65. The molecule has 0 fully saturated rings. The van der Waals surface area contributed by atoms with Crippen LogP contribution >= 0.6 is 27.3 Å². The average Bonchev–Trinajstić information content (AvgIpc) is 2.57. The lowest BCUT2D eigenvalue weighted by Gasteiger charge is -2.23. The summed E-state index contributed by atoms with van der Waals surface area (Å²) in [7, 11) is 0. The number of carbonyl (C=O) groups excluding carboxylic acids is 2. The van der Waals surface area contributed by atoms with E-state index in [0.29, 0.717) is 3.79 Å². The highest BCUT2D eigenvalue weighted by molar-refractivity contribution is 9.11. The van der Waals surface area contributed by atoms with E-state index in [4.69, 9.17) is 10.8 Å². The first kappa shape index (κ1) is 15.4. The SMILES string of the molecule is CC(C)(NC(=O)O)C(=O)Nc1cc(Br)sc1C(N)=O. The van der Waals surface area contributed by atoms with Crippen molar-refractivity contribution in [1.82, 2.24) is 5.32 Å². The second-order valence-electron chi connectivity index (χ2n) is 4.17. The summed E-state index contributed by atoms with van der Waals surface area (Å²) in [5.74, 6) is -1.27. The summed E-state index contributed by atoms with van der Waals surface area (Å²) in [6.45, 7) is 2.81. The Labute approximate surface area is 121 Å². The Morgan fingerprint density at radius 1 is 1.42 bits per heavy atom. The quantitative estimate of drug-likeness (QED) is 0.659. The minimum absolute atomic E-state index is 0.186. The smallest absolute Gasteiger partial charge is 0.405 e. The minimum atomic E-state index is -1.34. The number of carboxylic acid groups (broad SMARTS) is 1. The Morgan fingerprint density at radius 2 is 2.00 bits per heavy atom. The monoisotopic (exact) mass is 349 g/mol. The van der Waals surface area contributed by atoms with Crippen LogP contribution in [0.5, 0.6) is 0 Å². The Hall–Kier alpha value is -1.61. The number of thiophene rings is 1. The lowest BCUT2D eigenvalue weighted by atomic mass is 10.0. The highest BCUT2D eigenvalue weighted by atomic mass is 79.9. The Kier molecular flexibility index (Phi) is 4.53. The predicted molar refractivity (Wildman–Crippen MR) is 74.4 cm³/mol. The van der Waals surface area contributed by atoms with E-state index >= 15 is 0 Å². The number of nitrogens with two attached hydrogens (primary N) is 1. The van der Waals surface area contributed by atoms with Crippen LogP contribution in [0.2, 0.25) is 0 Å². The van der Waals surface area contributed by atoms with E-state index in [1.807, 2.05) is 0 Å². The number of hydrogen-bond donors (Lipinski definition) is 4. The molecular formula is C10H12BrN3O4S. The molecule has 1 rings (SSSR count). The van der Waals surface area contributed by atoms with Gasteiger partial charge in [-0.2, -0.15) is 0 Å². The van der Waals surface area contributed by atoms with Crippen molar-refractivity contribution in [3.63, 3.8) is 0 Å². The second kappa shape index (κ2) is 5.57. The second-order valence-corrected chi connectivity index (χ2v) is 6.60. The van der Waals surface area contributed by atoms with Gasteiger partial charge in [0.2, 0.25) is 5.91 Å². The van der Waals surface area contributed by atoms with Crippen LogP contribution < -0.4 is 16.4 Å². The lowest BCUT2D eigenvalue weighted by Crippen LogP contribution is -2.52. The molecule has 19 heavy (non-hydrogen) atoms. The molecule has 7 nitrogen and oxygen atoms in total. The number of carbonyl (C=O) groups is 3. The molecule has 1 heterocycles. The minimum Gasteiger partial charge on any atom is -0.465 e. The van der Waals surface area contributed by atoms with Gasteiger partial charge in [0.1, 0.15) is 10.4 Å². The zero-order valence-electron chi connectivity index (χ0n) is 10.1. The largest absolute Gasteiger partial charge is 0.465 e. The fraction of sp³-hybridized carbons (Fsp3) is 0.300. The first-order chi connectivity index (χ1) is 8.63. The molecule has 0 saturated heterocycles. The zero-order chi connectivity index (χ0) is 14.8. The van der Waals surface area contributed by atoms with Gasteiger partial charge < -0.3 is 21.5 Å². The molecule has 0 aliphatic carbocycles. The molecule has 3 amide bonds. The number of hydrogen-bond acceptors (Lipinski definition) is 4. The summed E-state index contributed by atoms with van der Waals surface area (Å²) >= 11 is 4.26. The highest BCUT2D eigenvalue weighted by Crippen LogP contribution is 2.31. The molecular weight excluding hydrogens is 338 g/mol. The first-order valence-electron chi connectivity index (χ1n) is 5.05. The Bertz CT molecular complexity index is 541. The molecule has 0 aliphatic heterocycles. The van der Waals surface area contributed by atoms with Crippen molar-refractivity contribution in [2.45, 2.75) is 19.4 Å². The maximum atomic E-state index is 12.0. The topological polar surface area (TPSA) is 122 Å². The van der Waals surface area contributed by atoms with Crippen molar-refractivity contribution in [3.05, 3.63) is 14.7 Å². The van der Waals surface area contributed by atoms with Crippen molar-refractivity contribution in [3.8, 4) is 0 Å². The van der Waals surface area contributed by atoms with E-state index in [1.54, 1.807) is 0 Å². The van der Waals surface area contributed by atoms with Gasteiger partial charge in [0.15, 0.2) is 0 Å². The van der Waals surface area contributed by atoms with Gasteiger partial charge in [0.05, 0.1) is 9.47 Å². The van der Waals surface area contributed by atoms with Gasteiger partial charge in [-0.3, -0.25) is 9.59 Å². The van der Waals surface area contributed by atoms with Crippen LogP contribution in [-0.4, -0.2) is 28.6 Å². The first-order valence-corrected chi connectivity index (χ1v) is 6.66. The van der Waals surface area contributed by atoms with Gasteiger partial charge in [-0.15, -0.1) is 11.3 Å². The van der Waals surface area contributed by atoms with Crippen LogP contribution in [0.1, 0.15) is 23.5 Å². The summed E-state index contributed by atoms with van der Waals surface area (Å²) in [5.41, 5.74) is 4.09. The van der Waals surface area contributed by atoms with Crippen LogP contribution in [0.15, 0.2) is 9.85 Å². The summed E-state index contributed by atoms with van der Waals surface area (Å²) in [6, 6.07) is 1.53. The van der Waals surface area contributed by atoms with E-state index < -0.39 is 23.4 Å². The maximum Gasteiger partial charge on any atom is 0.405 e. The van der Waals surface area contributed by atoms with Crippen molar-refractivity contribution in [1.29, 1.82) is 0 Å². The van der Waals surface area contributed by atoms with Gasteiger partial charge in [-0.25, -0.2) is 4.79 Å². The number of anilines is 1. The molecule has 1 aromatic rings. The van der Waals surface area contributed by atoms with E-state index in [0.717, 1.165) is 11.3 Å². The number of halogens is 1. The molecule has 1 aromatic heterocycles. The molecule has 0 spiro atoms. The number of primary amides is 1. The van der Waals surface area contributed by atoms with Crippen LogP contribution in [0, 0.1) is 0 Å². The normalized spacial score (nSPS) is 10.9. The third-order valence-electron chi connectivity index (χ3n) is 2.16. The maximum absolute atomic E-state index is 12.0. The fourth-order valence-electron chi connectivity index (χ4n) is 1.24. The third-order valence-corrected chi connectivity index (χ3v) is 3.81. The predicted octanol–water partition coefficient (Wildman–Crippen LogP) is 1.59. The molecule has 0 bridgehead atoms. The molecule has 0 atom stereocenters. The van der Waals surface area contributed by atoms with E-state index in [2.05, 4.69) is 26.6 Å². The third kappa shape index (κ3) is 3.93. The molecule has 0 saturated carbocycles. The lowest BCUT2D eigenvalue weighted by molar-refractivity contribution is -0.121. The zero-order valence-corrected chi connectivity index (χ0v) is 12.5. The van der Waals surface area contributed by atoms with Crippen molar-refractivity contribution in [2.24, 2.45) is 5.73 Å². The highest BCUT2D eigenvalue weighted by Gasteiger charge is 2.30. The van der Waals surface area contributed by atoms with Gasteiger partial charge in [-0.1, -0.05) is 0 Å². The molecule has 0 aliphatic rings. The molecule has 104 valence electrons. The van der Waals surface area contributed by atoms with Gasteiger partial charge in [-0.05, 0) is 35.8 Å². The van der Waals surface area contributed by atoms with Gasteiger partial charge in [0.25, 0.3) is 5.91 Å². The average molecular weight is 350 g/mol. The van der Waals surface area contributed by atoms with E-state index in [1.165, 1.54) is 19.9 Å². The van der Waals surface area contributed by atoms with E-state index in [9.17, 15) is 14.4 Å². The molecule has 5 N–H and O–H groups in total. The number of rotatable bonds is 4. The van der Waals surface area contributed by atoms with Gasteiger partial charge >= 0.3 is 6.09 Å². The van der Waals surface area contributed by atoms with Crippen LogP contribution in [0.25, 0.3) is 0 Å². The summed E-state index contributed by atoms with van der Waals surface area (Å²) in [5, 5.41) is 13.2. The number of amides is 3. The van der Waals surface area contributed by atoms with E-state index in [-0.39, 0.29) is 10.6 Å². The van der Waals surface area contributed by atoms with Gasteiger partial charge in [0, 0.05) is 0 Å². The van der Waals surface area contributed by atoms with Crippen molar-refractivity contribution in [2.75, 3.05) is 5.32 Å². The molecule has 9 heteroatoms. The summed E-state index contributed by atoms with van der Waals surface area (Å²) < 4.78 is 0.626. The summed E-state index contributed by atoms with van der Waals surface area (Å²) in [4.78, 5) is 33.9. The van der Waals surface area contributed by atoms with Crippen molar-refractivity contribution < 1.29 is 19.5 Å². The van der Waals surface area contributed by atoms with Crippen molar-refractivity contribution >= 4 is 50.9 Å². The number of nitrogens with one attached hydrogen (secondary N) is 2. The van der Waals surface area contributed by atoms with Crippen LogP contribution in [-0.2, 0) is 4.79 Å². The van der Waals surface area contributed by atoms with Crippen LogP contribution in [0.3, 0.4) is 0 Å². The Balaban J connectivity index is 2.94. The molecule has 0 unspecified atom stereocenters.